The van der Waals surface area contributed by atoms with Crippen LogP contribution >= 0.6 is 0 Å². The van der Waals surface area contributed by atoms with E-state index in [1.165, 1.54) is 10.8 Å². The third kappa shape index (κ3) is 2.76. The summed E-state index contributed by atoms with van der Waals surface area (Å²) in [6.07, 6.45) is 0. The van der Waals surface area contributed by atoms with Crippen molar-refractivity contribution in [3.63, 3.8) is 0 Å². The first-order valence-electron chi connectivity index (χ1n) is 8.34. The van der Waals surface area contributed by atoms with Gasteiger partial charge in [0, 0.05) is 12.7 Å². The number of hydrogen-bond donors (Lipinski definition) is 1. The molecular formula is C21H19N3O. The standard InChI is InChI=1S/C21H19N3O/c1-14(20-22-19-10-6-5-9-18(19)21(25)23-20)24(2)17-12-11-15-7-3-4-8-16(15)13-17/h3-14H,1-2H3,(H,22,23,25)/t14-/m0/s1. The number of aromatic amines is 1. The van der Waals surface area contributed by atoms with E-state index < -0.39 is 0 Å². The van der Waals surface area contributed by atoms with Gasteiger partial charge in [0.1, 0.15) is 5.82 Å². The van der Waals surface area contributed by atoms with Gasteiger partial charge in [0.25, 0.3) is 5.56 Å². The smallest absolute Gasteiger partial charge is 0.258 e. The van der Waals surface area contributed by atoms with Gasteiger partial charge in [-0.2, -0.15) is 0 Å². The molecule has 4 heteroatoms. The molecule has 4 aromatic rings. The summed E-state index contributed by atoms with van der Waals surface area (Å²) < 4.78 is 0. The van der Waals surface area contributed by atoms with E-state index in [-0.39, 0.29) is 11.6 Å². The largest absolute Gasteiger partial charge is 0.365 e. The fourth-order valence-corrected chi connectivity index (χ4v) is 3.11. The van der Waals surface area contributed by atoms with E-state index in [4.69, 9.17) is 0 Å². The van der Waals surface area contributed by atoms with Crippen LogP contribution in [-0.4, -0.2) is 17.0 Å². The SMILES string of the molecule is C[C@@H](c1nc2ccccc2c(=O)[nH]1)N(C)c1ccc2ccccc2c1. The Labute approximate surface area is 145 Å². The molecule has 0 spiro atoms. The van der Waals surface area contributed by atoms with Crippen LogP contribution in [0.15, 0.2) is 71.5 Å². The summed E-state index contributed by atoms with van der Waals surface area (Å²) in [5.41, 5.74) is 1.71. The first kappa shape index (κ1) is 15.4. The Bertz CT molecular complexity index is 1120. The van der Waals surface area contributed by atoms with Crippen molar-refractivity contribution < 1.29 is 0 Å². The third-order valence-corrected chi connectivity index (χ3v) is 4.75. The maximum atomic E-state index is 12.3. The molecule has 0 saturated heterocycles. The third-order valence-electron chi connectivity index (χ3n) is 4.75. The van der Waals surface area contributed by atoms with Crippen LogP contribution < -0.4 is 10.5 Å². The minimum absolute atomic E-state index is 0.0570. The fourth-order valence-electron chi connectivity index (χ4n) is 3.11. The molecule has 0 bridgehead atoms. The number of anilines is 1. The molecule has 1 heterocycles. The van der Waals surface area contributed by atoms with Crippen LogP contribution in [0.25, 0.3) is 21.7 Å². The van der Waals surface area contributed by atoms with Gasteiger partial charge in [-0.25, -0.2) is 4.98 Å². The van der Waals surface area contributed by atoms with Crippen molar-refractivity contribution in [2.45, 2.75) is 13.0 Å². The summed E-state index contributed by atoms with van der Waals surface area (Å²) in [6.45, 7) is 2.04. The van der Waals surface area contributed by atoms with Crippen molar-refractivity contribution in [2.24, 2.45) is 0 Å². The molecule has 0 saturated carbocycles. The molecule has 0 aliphatic rings. The molecule has 124 valence electrons. The van der Waals surface area contributed by atoms with E-state index in [9.17, 15) is 4.79 Å². The first-order valence-corrected chi connectivity index (χ1v) is 8.34. The Morgan fingerprint density at radius 2 is 1.68 bits per heavy atom. The molecule has 0 amide bonds. The Balaban J connectivity index is 1.74. The van der Waals surface area contributed by atoms with Gasteiger partial charge in [0.15, 0.2) is 0 Å². The van der Waals surface area contributed by atoms with Gasteiger partial charge in [0.2, 0.25) is 0 Å². The number of benzene rings is 3. The molecular weight excluding hydrogens is 310 g/mol. The predicted octanol–water partition coefficient (Wildman–Crippen LogP) is 4.27. The molecule has 0 aliphatic heterocycles. The lowest BCUT2D eigenvalue weighted by molar-refractivity contribution is 0.686. The summed E-state index contributed by atoms with van der Waals surface area (Å²) in [5, 5.41) is 3.02. The number of nitrogens with one attached hydrogen (secondary N) is 1. The zero-order chi connectivity index (χ0) is 17.4. The number of H-pyrrole nitrogens is 1. The maximum absolute atomic E-state index is 12.3. The molecule has 0 fully saturated rings. The van der Waals surface area contributed by atoms with E-state index in [0.29, 0.717) is 11.2 Å². The number of hydrogen-bond acceptors (Lipinski definition) is 3. The van der Waals surface area contributed by atoms with Gasteiger partial charge in [0.05, 0.1) is 16.9 Å². The fraction of sp³-hybridized carbons (Fsp3) is 0.143. The molecule has 0 radical (unpaired) electrons. The van der Waals surface area contributed by atoms with Gasteiger partial charge in [-0.3, -0.25) is 4.79 Å². The minimum atomic E-state index is -0.0978. The van der Waals surface area contributed by atoms with E-state index in [1.807, 2.05) is 44.3 Å². The van der Waals surface area contributed by atoms with Crippen molar-refractivity contribution in [1.29, 1.82) is 0 Å². The summed E-state index contributed by atoms with van der Waals surface area (Å²) in [7, 11) is 2.02. The van der Waals surface area contributed by atoms with Gasteiger partial charge in [-0.05, 0) is 42.0 Å². The molecule has 0 aliphatic carbocycles. The van der Waals surface area contributed by atoms with Crippen molar-refractivity contribution in [1.82, 2.24) is 9.97 Å². The van der Waals surface area contributed by atoms with Crippen LogP contribution in [0.5, 0.6) is 0 Å². The van der Waals surface area contributed by atoms with E-state index in [0.717, 1.165) is 11.2 Å². The Hall–Kier alpha value is -3.14. The summed E-state index contributed by atoms with van der Waals surface area (Å²) in [6, 6.07) is 22.0. The lowest BCUT2D eigenvalue weighted by atomic mass is 10.1. The first-order chi connectivity index (χ1) is 12.1. The van der Waals surface area contributed by atoms with Crippen LogP contribution in [0.1, 0.15) is 18.8 Å². The molecule has 4 rings (SSSR count). The highest BCUT2D eigenvalue weighted by atomic mass is 16.1. The van der Waals surface area contributed by atoms with Crippen molar-refractivity contribution >= 4 is 27.4 Å². The van der Waals surface area contributed by atoms with Crippen LogP contribution in [0, 0.1) is 0 Å². The van der Waals surface area contributed by atoms with Gasteiger partial charge in [-0.1, -0.05) is 42.5 Å². The molecule has 1 aromatic heterocycles. The van der Waals surface area contributed by atoms with Gasteiger partial charge in [-0.15, -0.1) is 0 Å². The van der Waals surface area contributed by atoms with Crippen LogP contribution in [0.4, 0.5) is 5.69 Å². The number of rotatable bonds is 3. The van der Waals surface area contributed by atoms with Crippen molar-refractivity contribution in [3.05, 3.63) is 82.9 Å². The topological polar surface area (TPSA) is 49.0 Å². The summed E-state index contributed by atoms with van der Waals surface area (Å²) in [5.74, 6) is 0.666. The van der Waals surface area contributed by atoms with Crippen molar-refractivity contribution in [3.8, 4) is 0 Å². The number of para-hydroxylation sites is 1. The highest BCUT2D eigenvalue weighted by molar-refractivity contribution is 5.86. The maximum Gasteiger partial charge on any atom is 0.258 e. The minimum Gasteiger partial charge on any atom is -0.365 e. The second-order valence-electron chi connectivity index (χ2n) is 6.29. The molecule has 25 heavy (non-hydrogen) atoms. The Morgan fingerprint density at radius 1 is 0.960 bits per heavy atom. The van der Waals surface area contributed by atoms with E-state index >= 15 is 0 Å². The van der Waals surface area contributed by atoms with Gasteiger partial charge >= 0.3 is 0 Å². The monoisotopic (exact) mass is 329 g/mol. The second kappa shape index (κ2) is 6.06. The molecule has 1 atom stereocenters. The van der Waals surface area contributed by atoms with Crippen LogP contribution in [-0.2, 0) is 0 Å². The molecule has 0 unspecified atom stereocenters. The second-order valence-corrected chi connectivity index (χ2v) is 6.29. The lowest BCUT2D eigenvalue weighted by Gasteiger charge is -2.26. The molecule has 3 aromatic carbocycles. The summed E-state index contributed by atoms with van der Waals surface area (Å²) >= 11 is 0. The quantitative estimate of drug-likeness (QED) is 0.610. The van der Waals surface area contributed by atoms with Crippen LogP contribution in [0.2, 0.25) is 0 Å². The Morgan fingerprint density at radius 3 is 2.52 bits per heavy atom. The van der Waals surface area contributed by atoms with Gasteiger partial charge < -0.3 is 9.88 Å². The van der Waals surface area contributed by atoms with E-state index in [1.54, 1.807) is 6.07 Å². The Kier molecular flexibility index (Phi) is 3.73. The highest BCUT2D eigenvalue weighted by Crippen LogP contribution is 2.27. The average molecular weight is 329 g/mol. The summed E-state index contributed by atoms with van der Waals surface area (Å²) in [4.78, 5) is 22.0. The highest BCUT2D eigenvalue weighted by Gasteiger charge is 2.16. The van der Waals surface area contributed by atoms with Crippen LogP contribution in [0.3, 0.4) is 0 Å². The number of aromatic nitrogens is 2. The van der Waals surface area contributed by atoms with Crippen molar-refractivity contribution in [2.75, 3.05) is 11.9 Å². The normalized spacial score (nSPS) is 12.4. The lowest BCUT2D eigenvalue weighted by Crippen LogP contribution is -2.25. The predicted molar refractivity (Wildman–Crippen MR) is 103 cm³/mol. The zero-order valence-corrected chi connectivity index (χ0v) is 14.2. The van der Waals surface area contributed by atoms with E-state index in [2.05, 4.69) is 45.2 Å². The number of fused-ring (bicyclic) bond motifs is 2. The zero-order valence-electron chi connectivity index (χ0n) is 14.2. The molecule has 4 nitrogen and oxygen atoms in total. The molecule has 1 N–H and O–H groups in total. The average Bonchev–Trinajstić information content (AvgIpc) is 2.66. The number of nitrogens with zero attached hydrogens (tertiary/aromatic N) is 2.